The highest BCUT2D eigenvalue weighted by Gasteiger charge is 2.15. The second-order valence-electron chi connectivity index (χ2n) is 3.23. The lowest BCUT2D eigenvalue weighted by atomic mass is 10.2. The summed E-state index contributed by atoms with van der Waals surface area (Å²) < 4.78 is 3.29. The fourth-order valence-corrected chi connectivity index (χ4v) is 3.35. The van der Waals surface area contributed by atoms with E-state index in [0.29, 0.717) is 11.2 Å². The van der Waals surface area contributed by atoms with Crippen LogP contribution in [0.25, 0.3) is 10.2 Å². The van der Waals surface area contributed by atoms with Gasteiger partial charge in [0.05, 0.1) is 8.40 Å². The number of aromatic nitrogens is 1. The van der Waals surface area contributed by atoms with Crippen LogP contribution >= 0.6 is 33.9 Å². The molecular formula is C10H8INO3S. The molecule has 4 nitrogen and oxygen atoms in total. The zero-order valence-electron chi connectivity index (χ0n) is 8.36. The Labute approximate surface area is 109 Å². The highest BCUT2D eigenvalue weighted by molar-refractivity contribution is 14.1. The van der Waals surface area contributed by atoms with Gasteiger partial charge in [0.2, 0.25) is 5.43 Å². The van der Waals surface area contributed by atoms with Gasteiger partial charge in [0, 0.05) is 12.7 Å². The van der Waals surface area contributed by atoms with Gasteiger partial charge in [-0.25, -0.2) is 4.79 Å². The van der Waals surface area contributed by atoms with Gasteiger partial charge in [-0.15, -0.1) is 11.3 Å². The average molecular weight is 349 g/mol. The first-order valence-electron chi connectivity index (χ1n) is 4.60. The van der Waals surface area contributed by atoms with Crippen LogP contribution in [0, 0.1) is 2.88 Å². The van der Waals surface area contributed by atoms with Gasteiger partial charge in [0.25, 0.3) is 0 Å². The Morgan fingerprint density at radius 2 is 2.31 bits per heavy atom. The van der Waals surface area contributed by atoms with Crippen molar-refractivity contribution in [3.63, 3.8) is 0 Å². The molecule has 84 valence electrons. The summed E-state index contributed by atoms with van der Waals surface area (Å²) >= 11 is 3.46. The molecule has 0 atom stereocenters. The molecule has 0 amide bonds. The SMILES string of the molecule is CCn1cc(C(=O)O)c(=O)c2sc(I)cc21. The number of fused-ring (bicyclic) bond motifs is 1. The van der Waals surface area contributed by atoms with Crippen LogP contribution in [0.4, 0.5) is 0 Å². The molecule has 0 unspecified atom stereocenters. The zero-order chi connectivity index (χ0) is 11.9. The summed E-state index contributed by atoms with van der Waals surface area (Å²) in [4.78, 5) is 22.8. The van der Waals surface area contributed by atoms with E-state index in [1.807, 2.05) is 13.0 Å². The van der Waals surface area contributed by atoms with Crippen molar-refractivity contribution < 1.29 is 9.90 Å². The van der Waals surface area contributed by atoms with Crippen LogP contribution in [0.1, 0.15) is 17.3 Å². The fraction of sp³-hybridized carbons (Fsp3) is 0.200. The summed E-state index contributed by atoms with van der Waals surface area (Å²) in [6, 6.07) is 1.90. The molecule has 0 saturated heterocycles. The lowest BCUT2D eigenvalue weighted by Gasteiger charge is -2.05. The van der Waals surface area contributed by atoms with Gasteiger partial charge >= 0.3 is 5.97 Å². The molecule has 16 heavy (non-hydrogen) atoms. The Balaban J connectivity index is 2.93. The van der Waals surface area contributed by atoms with Gasteiger partial charge in [0.1, 0.15) is 10.3 Å². The van der Waals surface area contributed by atoms with E-state index in [9.17, 15) is 9.59 Å². The molecule has 2 aromatic rings. The van der Waals surface area contributed by atoms with Crippen LogP contribution in [-0.4, -0.2) is 15.6 Å². The van der Waals surface area contributed by atoms with E-state index in [1.54, 1.807) is 4.57 Å². The Bertz CT molecular complexity index is 629. The topological polar surface area (TPSA) is 59.3 Å². The van der Waals surface area contributed by atoms with E-state index in [0.717, 1.165) is 8.40 Å². The third kappa shape index (κ3) is 1.75. The lowest BCUT2D eigenvalue weighted by Crippen LogP contribution is -2.17. The number of carbonyl (C=O) groups is 1. The molecule has 0 aromatic carbocycles. The van der Waals surface area contributed by atoms with E-state index in [1.165, 1.54) is 17.5 Å². The van der Waals surface area contributed by atoms with Crippen LogP contribution in [0.3, 0.4) is 0 Å². The van der Waals surface area contributed by atoms with Crippen molar-refractivity contribution >= 4 is 50.1 Å². The quantitative estimate of drug-likeness (QED) is 0.847. The van der Waals surface area contributed by atoms with Crippen LogP contribution in [0.15, 0.2) is 17.1 Å². The molecule has 0 fully saturated rings. The molecular weight excluding hydrogens is 341 g/mol. The highest BCUT2D eigenvalue weighted by atomic mass is 127. The Morgan fingerprint density at radius 3 is 2.88 bits per heavy atom. The van der Waals surface area contributed by atoms with Crippen LogP contribution in [-0.2, 0) is 6.54 Å². The second kappa shape index (κ2) is 4.17. The van der Waals surface area contributed by atoms with Crippen molar-refractivity contribution in [2.24, 2.45) is 0 Å². The Kier molecular flexibility index (Phi) is 3.02. The van der Waals surface area contributed by atoms with Crippen LogP contribution in [0.5, 0.6) is 0 Å². The largest absolute Gasteiger partial charge is 0.477 e. The second-order valence-corrected chi connectivity index (χ2v) is 6.17. The van der Waals surface area contributed by atoms with Gasteiger partial charge < -0.3 is 9.67 Å². The predicted octanol–water partition coefficient (Wildman–Crippen LogP) is 2.39. The third-order valence-corrected chi connectivity index (χ3v) is 4.18. The molecule has 2 rings (SSSR count). The van der Waals surface area contributed by atoms with E-state index in [-0.39, 0.29) is 11.0 Å². The van der Waals surface area contributed by atoms with Gasteiger partial charge in [0.15, 0.2) is 0 Å². The number of aryl methyl sites for hydroxylation is 1. The molecule has 6 heteroatoms. The van der Waals surface area contributed by atoms with Gasteiger partial charge in [-0.05, 0) is 35.6 Å². The number of hydrogen-bond acceptors (Lipinski definition) is 3. The number of carboxylic acids is 1. The molecule has 0 aliphatic carbocycles. The molecule has 0 radical (unpaired) electrons. The van der Waals surface area contributed by atoms with Crippen LogP contribution in [0.2, 0.25) is 0 Å². The van der Waals surface area contributed by atoms with E-state index in [4.69, 9.17) is 5.11 Å². The number of nitrogens with zero attached hydrogens (tertiary/aromatic N) is 1. The number of hydrogen-bond donors (Lipinski definition) is 1. The number of carboxylic acid groups (broad SMARTS) is 1. The lowest BCUT2D eigenvalue weighted by molar-refractivity contribution is 0.0695. The molecule has 0 saturated carbocycles. The van der Waals surface area contributed by atoms with Gasteiger partial charge in [-0.1, -0.05) is 0 Å². The van der Waals surface area contributed by atoms with Crippen molar-refractivity contribution in [3.05, 3.63) is 30.9 Å². The standard InChI is InChI=1S/C10H8INO3S/c1-2-12-4-5(10(14)15)8(13)9-6(12)3-7(11)16-9/h3-4H,2H2,1H3,(H,14,15). The van der Waals surface area contributed by atoms with Crippen molar-refractivity contribution in [3.8, 4) is 0 Å². The molecule has 1 N–H and O–H groups in total. The maximum absolute atomic E-state index is 11.9. The molecule has 0 spiro atoms. The van der Waals surface area contributed by atoms with Gasteiger partial charge in [-0.2, -0.15) is 0 Å². The molecule has 0 aliphatic rings. The molecule has 2 aromatic heterocycles. The Hall–Kier alpha value is -0.890. The molecule has 0 bridgehead atoms. The molecule has 2 heterocycles. The maximum atomic E-state index is 11.9. The summed E-state index contributed by atoms with van der Waals surface area (Å²) in [7, 11) is 0. The minimum absolute atomic E-state index is 0.160. The monoisotopic (exact) mass is 349 g/mol. The highest BCUT2D eigenvalue weighted by Crippen LogP contribution is 2.24. The van der Waals surface area contributed by atoms with E-state index < -0.39 is 5.97 Å². The summed E-state index contributed by atoms with van der Waals surface area (Å²) in [5.74, 6) is -1.17. The Morgan fingerprint density at radius 1 is 1.62 bits per heavy atom. The first kappa shape index (κ1) is 11.6. The number of thiophene rings is 1. The summed E-state index contributed by atoms with van der Waals surface area (Å²) in [6.45, 7) is 2.56. The van der Waals surface area contributed by atoms with E-state index >= 15 is 0 Å². The van der Waals surface area contributed by atoms with Gasteiger partial charge in [-0.3, -0.25) is 4.79 Å². The summed E-state index contributed by atoms with van der Waals surface area (Å²) in [5, 5.41) is 8.94. The number of halogens is 1. The average Bonchev–Trinajstić information content (AvgIpc) is 2.60. The number of pyridine rings is 1. The summed E-state index contributed by atoms with van der Waals surface area (Å²) in [6.07, 6.45) is 1.41. The van der Waals surface area contributed by atoms with Crippen molar-refractivity contribution in [1.82, 2.24) is 4.57 Å². The summed E-state index contributed by atoms with van der Waals surface area (Å²) in [5.41, 5.74) is 0.264. The maximum Gasteiger partial charge on any atom is 0.341 e. The predicted molar refractivity (Wildman–Crippen MR) is 71.4 cm³/mol. The smallest absolute Gasteiger partial charge is 0.341 e. The first-order valence-corrected chi connectivity index (χ1v) is 6.50. The minimum Gasteiger partial charge on any atom is -0.477 e. The van der Waals surface area contributed by atoms with Crippen molar-refractivity contribution in [2.75, 3.05) is 0 Å². The number of aromatic carboxylic acids is 1. The minimum atomic E-state index is -1.17. The van der Waals surface area contributed by atoms with Crippen molar-refractivity contribution in [1.29, 1.82) is 0 Å². The van der Waals surface area contributed by atoms with Crippen LogP contribution < -0.4 is 5.43 Å². The zero-order valence-corrected chi connectivity index (χ0v) is 11.3. The van der Waals surface area contributed by atoms with E-state index in [2.05, 4.69) is 22.6 Å². The first-order chi connectivity index (χ1) is 7.54. The normalized spacial score (nSPS) is 10.9. The number of rotatable bonds is 2. The van der Waals surface area contributed by atoms with Crippen molar-refractivity contribution in [2.45, 2.75) is 13.5 Å². The third-order valence-electron chi connectivity index (χ3n) is 2.30. The fourth-order valence-electron chi connectivity index (χ4n) is 1.55. The molecule has 0 aliphatic heterocycles.